The van der Waals surface area contributed by atoms with Gasteiger partial charge in [-0.2, -0.15) is 18.2 Å². The first-order valence-electron chi connectivity index (χ1n) is 7.87. The molecule has 0 aliphatic carbocycles. The molecule has 8 heteroatoms. The van der Waals surface area contributed by atoms with Gasteiger partial charge in [-0.15, -0.1) is 0 Å². The van der Waals surface area contributed by atoms with Gasteiger partial charge in [0.15, 0.2) is 0 Å². The van der Waals surface area contributed by atoms with Crippen LogP contribution < -0.4 is 4.18 Å². The fourth-order valence-electron chi connectivity index (χ4n) is 3.16. The van der Waals surface area contributed by atoms with Crippen LogP contribution in [0.3, 0.4) is 0 Å². The van der Waals surface area contributed by atoms with Gasteiger partial charge in [0.1, 0.15) is 5.82 Å². The number of hydrogen-bond acceptors (Lipinski definition) is 4. The second kappa shape index (κ2) is 6.10. The smallest absolute Gasteiger partial charge is 0.311 e. The van der Waals surface area contributed by atoms with Crippen molar-refractivity contribution in [1.29, 1.82) is 0 Å². The number of rotatable bonds is 2. The Labute approximate surface area is 155 Å². The molecule has 4 rings (SSSR count). The van der Waals surface area contributed by atoms with Gasteiger partial charge in [-0.05, 0) is 48.9 Å². The zero-order valence-electron chi connectivity index (χ0n) is 13.7. The van der Waals surface area contributed by atoms with E-state index in [1.165, 1.54) is 16.8 Å². The highest BCUT2D eigenvalue weighted by Gasteiger charge is 2.37. The average Bonchev–Trinajstić information content (AvgIpc) is 2.91. The van der Waals surface area contributed by atoms with E-state index in [-0.39, 0.29) is 17.5 Å². The van der Waals surface area contributed by atoms with Crippen LogP contribution in [0.1, 0.15) is 22.7 Å². The van der Waals surface area contributed by atoms with Crippen LogP contribution in [0.2, 0.25) is 5.02 Å². The van der Waals surface area contributed by atoms with Crippen molar-refractivity contribution in [3.63, 3.8) is 0 Å². The molecule has 1 aliphatic heterocycles. The minimum absolute atomic E-state index is 0.158. The average molecular weight is 393 g/mol. The van der Waals surface area contributed by atoms with Crippen LogP contribution in [-0.2, 0) is 10.1 Å². The molecule has 2 heterocycles. The van der Waals surface area contributed by atoms with Crippen LogP contribution in [0.4, 0.5) is 4.39 Å². The van der Waals surface area contributed by atoms with Crippen LogP contribution >= 0.6 is 11.6 Å². The van der Waals surface area contributed by atoms with Crippen LogP contribution in [0.5, 0.6) is 5.88 Å². The standard InChI is InChI=1S/C18H14ClFN2O3S/c1-11-17-16(12-2-6-14(20)7-3-12)10-26(23,24)25-18(17)22(21-11)15-8-4-13(19)5-9-15/h2-9,16H,10H2,1H3. The molecule has 0 spiro atoms. The fourth-order valence-corrected chi connectivity index (χ4v) is 4.52. The van der Waals surface area contributed by atoms with Gasteiger partial charge in [-0.3, -0.25) is 0 Å². The van der Waals surface area contributed by atoms with Crippen molar-refractivity contribution in [3.05, 3.63) is 76.2 Å². The van der Waals surface area contributed by atoms with Gasteiger partial charge in [-0.25, -0.2) is 4.39 Å². The highest BCUT2D eigenvalue weighted by Crippen LogP contribution is 2.41. The maximum absolute atomic E-state index is 13.3. The number of nitrogens with zero attached hydrogens (tertiary/aromatic N) is 2. The predicted molar refractivity (Wildman–Crippen MR) is 96.0 cm³/mol. The largest absolute Gasteiger partial charge is 0.361 e. The van der Waals surface area contributed by atoms with Crippen molar-refractivity contribution in [1.82, 2.24) is 9.78 Å². The lowest BCUT2D eigenvalue weighted by Crippen LogP contribution is -2.27. The van der Waals surface area contributed by atoms with Crippen molar-refractivity contribution in [2.45, 2.75) is 12.8 Å². The summed E-state index contributed by atoms with van der Waals surface area (Å²) < 4.78 is 44.7. The Kier molecular flexibility index (Phi) is 4.00. The number of hydrogen-bond donors (Lipinski definition) is 0. The molecule has 0 saturated heterocycles. The summed E-state index contributed by atoms with van der Waals surface area (Å²) in [4.78, 5) is 0. The topological polar surface area (TPSA) is 61.2 Å². The van der Waals surface area contributed by atoms with E-state index in [0.717, 1.165) is 0 Å². The van der Waals surface area contributed by atoms with Gasteiger partial charge >= 0.3 is 10.1 Å². The Hall–Kier alpha value is -2.38. The number of aryl methyl sites for hydroxylation is 1. The van der Waals surface area contributed by atoms with E-state index in [0.29, 0.717) is 27.5 Å². The SMILES string of the molecule is Cc1nn(-c2ccc(Cl)cc2)c2c1C(c1ccc(F)cc1)CS(=O)(=O)O2. The van der Waals surface area contributed by atoms with E-state index in [1.807, 2.05) is 0 Å². The fraction of sp³-hybridized carbons (Fsp3) is 0.167. The predicted octanol–water partition coefficient (Wildman–Crippen LogP) is 3.83. The van der Waals surface area contributed by atoms with E-state index in [2.05, 4.69) is 5.10 Å². The summed E-state index contributed by atoms with van der Waals surface area (Å²) in [5, 5.41) is 5.02. The van der Waals surface area contributed by atoms with Gasteiger partial charge in [0.25, 0.3) is 0 Å². The Morgan fingerprint density at radius 3 is 2.46 bits per heavy atom. The van der Waals surface area contributed by atoms with Gasteiger partial charge in [0.2, 0.25) is 5.88 Å². The molecule has 2 aromatic carbocycles. The summed E-state index contributed by atoms with van der Waals surface area (Å²) >= 11 is 5.92. The Morgan fingerprint density at radius 1 is 1.15 bits per heavy atom. The molecule has 1 atom stereocenters. The number of aromatic nitrogens is 2. The first kappa shape index (κ1) is 17.1. The normalized spacial score (nSPS) is 18.2. The maximum Gasteiger partial charge on any atom is 0.311 e. The highest BCUT2D eigenvalue weighted by atomic mass is 35.5. The minimum atomic E-state index is -3.81. The highest BCUT2D eigenvalue weighted by molar-refractivity contribution is 7.87. The molecule has 3 aromatic rings. The molecule has 0 N–H and O–H groups in total. The molecule has 1 aliphatic rings. The second-order valence-electron chi connectivity index (χ2n) is 6.10. The third-order valence-electron chi connectivity index (χ3n) is 4.33. The monoisotopic (exact) mass is 392 g/mol. The Morgan fingerprint density at radius 2 is 1.81 bits per heavy atom. The first-order chi connectivity index (χ1) is 12.3. The lowest BCUT2D eigenvalue weighted by molar-refractivity contribution is 0.446. The number of halogens is 2. The third kappa shape index (κ3) is 2.97. The zero-order chi connectivity index (χ0) is 18.5. The minimum Gasteiger partial charge on any atom is -0.361 e. The van der Waals surface area contributed by atoms with Gasteiger partial charge in [0.05, 0.1) is 17.1 Å². The van der Waals surface area contributed by atoms with Gasteiger partial charge in [0, 0.05) is 16.5 Å². The first-order valence-corrected chi connectivity index (χ1v) is 9.83. The molecule has 0 bridgehead atoms. The molecule has 5 nitrogen and oxygen atoms in total. The lowest BCUT2D eigenvalue weighted by Gasteiger charge is -2.24. The molecular weight excluding hydrogens is 379 g/mol. The lowest BCUT2D eigenvalue weighted by atomic mass is 9.93. The van der Waals surface area contributed by atoms with Crippen LogP contribution in [0.25, 0.3) is 5.69 Å². The molecule has 1 unspecified atom stereocenters. The van der Waals surface area contributed by atoms with Crippen LogP contribution in [0, 0.1) is 12.7 Å². The molecule has 0 amide bonds. The van der Waals surface area contributed by atoms with E-state index in [1.54, 1.807) is 43.3 Å². The summed E-state index contributed by atoms with van der Waals surface area (Å²) in [5.41, 5.74) is 2.66. The summed E-state index contributed by atoms with van der Waals surface area (Å²) in [6, 6.07) is 12.6. The van der Waals surface area contributed by atoms with Crippen molar-refractivity contribution in [2.75, 3.05) is 5.75 Å². The van der Waals surface area contributed by atoms with Crippen LogP contribution in [0.15, 0.2) is 48.5 Å². The van der Waals surface area contributed by atoms with E-state index in [4.69, 9.17) is 15.8 Å². The van der Waals surface area contributed by atoms with Crippen molar-refractivity contribution >= 4 is 21.7 Å². The summed E-state index contributed by atoms with van der Waals surface area (Å²) in [7, 11) is -3.81. The third-order valence-corrected chi connectivity index (χ3v) is 5.74. The molecule has 134 valence electrons. The zero-order valence-corrected chi connectivity index (χ0v) is 15.3. The molecule has 26 heavy (non-hydrogen) atoms. The van der Waals surface area contributed by atoms with Crippen molar-refractivity contribution < 1.29 is 17.0 Å². The summed E-state index contributed by atoms with van der Waals surface area (Å²) in [5.74, 6) is -0.924. The van der Waals surface area contributed by atoms with Gasteiger partial charge in [-0.1, -0.05) is 23.7 Å². The van der Waals surface area contributed by atoms with Crippen molar-refractivity contribution in [3.8, 4) is 11.6 Å². The molecule has 0 radical (unpaired) electrons. The summed E-state index contributed by atoms with van der Waals surface area (Å²) in [6.07, 6.45) is 0. The number of fused-ring (bicyclic) bond motifs is 1. The van der Waals surface area contributed by atoms with Gasteiger partial charge < -0.3 is 4.18 Å². The Balaban J connectivity index is 1.90. The van der Waals surface area contributed by atoms with E-state index < -0.39 is 16.0 Å². The molecule has 1 aromatic heterocycles. The van der Waals surface area contributed by atoms with Crippen LogP contribution in [-0.4, -0.2) is 24.0 Å². The van der Waals surface area contributed by atoms with E-state index >= 15 is 0 Å². The molecular formula is C18H14ClFN2O3S. The molecule has 0 fully saturated rings. The summed E-state index contributed by atoms with van der Waals surface area (Å²) in [6.45, 7) is 1.79. The quantitative estimate of drug-likeness (QED) is 0.622. The van der Waals surface area contributed by atoms with E-state index in [9.17, 15) is 12.8 Å². The van der Waals surface area contributed by atoms with Crippen molar-refractivity contribution in [2.24, 2.45) is 0 Å². The second-order valence-corrected chi connectivity index (χ2v) is 8.16. The molecule has 0 saturated carbocycles. The Bertz CT molecular complexity index is 1080. The maximum atomic E-state index is 13.3. The number of benzene rings is 2.